The highest BCUT2D eigenvalue weighted by Gasteiger charge is 2.33. The quantitative estimate of drug-likeness (QED) is 0.165. The highest BCUT2D eigenvalue weighted by atomic mass is 35.5. The normalized spacial score (nSPS) is 11.4. The molecule has 0 unspecified atom stereocenters. The smallest absolute Gasteiger partial charge is 0.394 e. The van der Waals surface area contributed by atoms with Crippen LogP contribution in [0.25, 0.3) is 0 Å². The minimum atomic E-state index is -4.74. The number of halogens is 6. The number of nitrogens with one attached hydrogen (secondary N) is 1. The number of benzene rings is 1. The van der Waals surface area contributed by atoms with Gasteiger partial charge in [-0.25, -0.2) is 4.39 Å². The molecule has 0 aliphatic heterocycles. The van der Waals surface area contributed by atoms with Crippen LogP contribution < -0.4 is 5.73 Å². The molecule has 0 atom stereocenters. The summed E-state index contributed by atoms with van der Waals surface area (Å²) >= 11 is 11.9. The van der Waals surface area contributed by atoms with E-state index >= 15 is 0 Å². The summed E-state index contributed by atoms with van der Waals surface area (Å²) < 4.78 is 47.7. The fraction of sp³-hybridized carbons (Fsp3) is 0.273. The first-order chi connectivity index (χ1) is 15.9. The van der Waals surface area contributed by atoms with Gasteiger partial charge in [-0.2, -0.15) is 13.2 Å². The molecule has 0 fully saturated rings. The first-order valence-corrected chi connectivity index (χ1v) is 10.4. The Bertz CT molecular complexity index is 967. The lowest BCUT2D eigenvalue weighted by atomic mass is 10.1. The van der Waals surface area contributed by atoms with Crippen LogP contribution >= 0.6 is 23.2 Å². The third kappa shape index (κ3) is 10.4. The van der Waals surface area contributed by atoms with Gasteiger partial charge in [0, 0.05) is 25.2 Å². The molecule has 12 heteroatoms. The lowest BCUT2D eigenvalue weighted by Crippen LogP contribution is -2.26. The maximum atomic E-state index is 12.8. The molecule has 6 nitrogen and oxygen atoms in total. The molecular weight excluding hydrogens is 499 g/mol. The van der Waals surface area contributed by atoms with Gasteiger partial charge in [-0.1, -0.05) is 49.2 Å². The number of likely N-dealkylation sites (N-methyl/N-ethyl adjacent to an activating group) is 1. The van der Waals surface area contributed by atoms with E-state index in [2.05, 4.69) is 10.7 Å². The van der Waals surface area contributed by atoms with Gasteiger partial charge in [0.2, 0.25) is 0 Å². The van der Waals surface area contributed by atoms with Gasteiger partial charge in [0.25, 0.3) is 0 Å². The molecule has 1 aromatic carbocycles. The van der Waals surface area contributed by atoms with Gasteiger partial charge in [0.05, 0.1) is 27.7 Å². The van der Waals surface area contributed by atoms with E-state index in [-0.39, 0.29) is 46.3 Å². The standard InChI is InChI=1S/C15H13Cl2FN2O.C5H5F3N2O.C2H6/c1-20(8-10-2-4-11(18)5-3-10)9-14(21)15-12(16)6-19-7-13(15)17;6-5(7,8)4(10)3(1-9)2-11;1-2/h2-7H,8-9H2,1H3;1-2,9H,10H2;1-2H3/b;4-3+,9-1?;. The number of ketones is 1. The predicted molar refractivity (Wildman–Crippen MR) is 125 cm³/mol. The van der Waals surface area contributed by atoms with E-state index < -0.39 is 17.4 Å². The van der Waals surface area contributed by atoms with Crippen LogP contribution in [0.1, 0.15) is 29.8 Å². The molecular formula is C22H24Cl2F4N4O2. The summed E-state index contributed by atoms with van der Waals surface area (Å²) in [5.41, 5.74) is 3.28. The Kier molecular flexibility index (Phi) is 13.9. The number of pyridine rings is 1. The fourth-order valence-electron chi connectivity index (χ4n) is 2.30. The van der Waals surface area contributed by atoms with Crippen molar-refractivity contribution in [2.45, 2.75) is 26.6 Å². The minimum absolute atomic E-state index is 0.115. The van der Waals surface area contributed by atoms with Crippen LogP contribution in [0.2, 0.25) is 10.0 Å². The number of aromatic nitrogens is 1. The highest BCUT2D eigenvalue weighted by molar-refractivity contribution is 6.39. The van der Waals surface area contributed by atoms with E-state index in [4.69, 9.17) is 28.6 Å². The molecule has 1 aromatic heterocycles. The van der Waals surface area contributed by atoms with Crippen molar-refractivity contribution >= 4 is 41.5 Å². The SMILES string of the molecule is CC.CN(CC(=O)c1c(Cl)cncc1Cl)Cc1ccc(F)cc1.N=C/C(C=O)=C(\N)C(F)(F)F. The number of Topliss-reactive ketones (excluding diaryl/α,β-unsaturated/α-hetero) is 1. The highest BCUT2D eigenvalue weighted by Crippen LogP contribution is 2.24. The third-order valence-corrected chi connectivity index (χ3v) is 4.38. The van der Waals surface area contributed by atoms with E-state index in [9.17, 15) is 27.2 Å². The van der Waals surface area contributed by atoms with E-state index in [0.29, 0.717) is 6.54 Å². The van der Waals surface area contributed by atoms with E-state index in [0.717, 1.165) is 5.56 Å². The van der Waals surface area contributed by atoms with Gasteiger partial charge < -0.3 is 11.1 Å². The third-order valence-electron chi connectivity index (χ3n) is 3.81. The second-order valence-corrected chi connectivity index (χ2v) is 7.14. The Morgan fingerprint density at radius 1 is 1.15 bits per heavy atom. The van der Waals surface area contributed by atoms with Crippen molar-refractivity contribution in [2.75, 3.05) is 13.6 Å². The molecule has 0 aliphatic rings. The summed E-state index contributed by atoms with van der Waals surface area (Å²) in [6.07, 6.45) is -1.82. The summed E-state index contributed by atoms with van der Waals surface area (Å²) in [6.45, 7) is 4.67. The maximum Gasteiger partial charge on any atom is 0.431 e. The number of carbonyl (C=O) groups is 2. The van der Waals surface area contributed by atoms with E-state index in [1.165, 1.54) is 24.5 Å². The Labute approximate surface area is 204 Å². The fourth-order valence-corrected chi connectivity index (χ4v) is 2.87. The Hall–Kier alpha value is -2.82. The van der Waals surface area contributed by atoms with Crippen LogP contribution in [0.3, 0.4) is 0 Å². The van der Waals surface area contributed by atoms with Crippen molar-refractivity contribution in [3.05, 3.63) is 74.9 Å². The van der Waals surface area contributed by atoms with Gasteiger partial charge >= 0.3 is 6.18 Å². The lowest BCUT2D eigenvalue weighted by Gasteiger charge is -2.16. The van der Waals surface area contributed by atoms with Crippen LogP contribution in [0.4, 0.5) is 17.6 Å². The summed E-state index contributed by atoms with van der Waals surface area (Å²) in [7, 11) is 1.80. The largest absolute Gasteiger partial charge is 0.431 e. The van der Waals surface area contributed by atoms with Crippen LogP contribution in [0.15, 0.2) is 47.9 Å². The van der Waals surface area contributed by atoms with E-state index in [1.807, 2.05) is 18.7 Å². The van der Waals surface area contributed by atoms with Crippen molar-refractivity contribution < 1.29 is 27.2 Å². The van der Waals surface area contributed by atoms with Gasteiger partial charge in [-0.3, -0.25) is 19.5 Å². The first-order valence-electron chi connectivity index (χ1n) is 9.68. The zero-order chi connectivity index (χ0) is 26.5. The van der Waals surface area contributed by atoms with Crippen molar-refractivity contribution in [1.82, 2.24) is 9.88 Å². The molecule has 0 spiro atoms. The number of allylic oxidation sites excluding steroid dienone is 2. The number of hydrogen-bond acceptors (Lipinski definition) is 6. The van der Waals surface area contributed by atoms with Crippen molar-refractivity contribution in [3.8, 4) is 0 Å². The second kappa shape index (κ2) is 15.2. The molecule has 2 aromatic rings. The van der Waals surface area contributed by atoms with Gasteiger partial charge in [-0.05, 0) is 24.7 Å². The van der Waals surface area contributed by atoms with E-state index in [1.54, 1.807) is 19.2 Å². The maximum absolute atomic E-state index is 12.8. The van der Waals surface area contributed by atoms with Crippen LogP contribution in [-0.4, -0.2) is 47.9 Å². The molecule has 0 amide bonds. The van der Waals surface area contributed by atoms with Gasteiger partial charge in [0.1, 0.15) is 11.5 Å². The van der Waals surface area contributed by atoms with Gasteiger partial charge in [0.15, 0.2) is 12.1 Å². The average molecular weight is 523 g/mol. The molecule has 0 saturated heterocycles. The number of alkyl halides is 3. The van der Waals surface area contributed by atoms with Crippen molar-refractivity contribution in [3.63, 3.8) is 0 Å². The van der Waals surface area contributed by atoms with Gasteiger partial charge in [-0.15, -0.1) is 0 Å². The molecule has 0 saturated carbocycles. The number of hydrogen-bond donors (Lipinski definition) is 2. The van der Waals surface area contributed by atoms with Crippen LogP contribution in [0.5, 0.6) is 0 Å². The molecule has 1 heterocycles. The first kappa shape index (κ1) is 31.2. The van der Waals surface area contributed by atoms with Crippen LogP contribution in [0, 0.1) is 11.2 Å². The Morgan fingerprint density at radius 2 is 1.65 bits per heavy atom. The molecule has 2 rings (SSSR count). The van der Waals surface area contributed by atoms with Crippen molar-refractivity contribution in [1.29, 1.82) is 5.41 Å². The number of nitrogens with zero attached hydrogens (tertiary/aromatic N) is 2. The Morgan fingerprint density at radius 3 is 2.03 bits per heavy atom. The zero-order valence-corrected chi connectivity index (χ0v) is 20.1. The molecule has 3 N–H and O–H groups in total. The summed E-state index contributed by atoms with van der Waals surface area (Å²) in [4.78, 5) is 27.7. The molecule has 0 bridgehead atoms. The monoisotopic (exact) mass is 522 g/mol. The second-order valence-electron chi connectivity index (χ2n) is 6.33. The average Bonchev–Trinajstić information content (AvgIpc) is 2.77. The Balaban J connectivity index is 0.000000712. The van der Waals surface area contributed by atoms with Crippen LogP contribution in [-0.2, 0) is 11.3 Å². The number of nitrogens with two attached hydrogens (primary N) is 1. The predicted octanol–water partition coefficient (Wildman–Crippen LogP) is 5.48. The zero-order valence-electron chi connectivity index (χ0n) is 18.6. The summed E-state index contributed by atoms with van der Waals surface area (Å²) in [6, 6.07) is 6.15. The topological polar surface area (TPSA) is 100 Å². The molecule has 0 aliphatic carbocycles. The minimum Gasteiger partial charge on any atom is -0.394 e. The number of aldehydes is 1. The molecule has 0 radical (unpaired) electrons. The number of carbonyl (C=O) groups excluding carboxylic acids is 2. The number of rotatable bonds is 7. The summed E-state index contributed by atoms with van der Waals surface area (Å²) in [5.74, 6) is -0.468. The summed E-state index contributed by atoms with van der Waals surface area (Å²) in [5, 5.41) is 6.85. The molecule has 34 heavy (non-hydrogen) atoms. The lowest BCUT2D eigenvalue weighted by molar-refractivity contribution is -0.107. The van der Waals surface area contributed by atoms with Crippen molar-refractivity contribution in [2.24, 2.45) is 5.73 Å². The molecule has 186 valence electrons.